The van der Waals surface area contributed by atoms with Gasteiger partial charge in [-0.25, -0.2) is 0 Å². The summed E-state index contributed by atoms with van der Waals surface area (Å²) in [5.41, 5.74) is -0.831. The normalized spacial score (nSPS) is 16.4. The van der Waals surface area contributed by atoms with E-state index < -0.39 is 33.0 Å². The molecule has 1 rings (SSSR count). The van der Waals surface area contributed by atoms with E-state index in [4.69, 9.17) is 23.2 Å². The summed E-state index contributed by atoms with van der Waals surface area (Å²) in [6, 6.07) is 0. The van der Waals surface area contributed by atoms with Gasteiger partial charge in [0.25, 0.3) is 0 Å². The summed E-state index contributed by atoms with van der Waals surface area (Å²) in [7, 11) is 0. The van der Waals surface area contributed by atoms with Crippen molar-refractivity contribution in [3.05, 3.63) is 21.5 Å². The first kappa shape index (κ1) is 12.4. The molecule has 1 aliphatic rings. The van der Waals surface area contributed by atoms with E-state index >= 15 is 0 Å². The van der Waals surface area contributed by atoms with Crippen LogP contribution in [0.3, 0.4) is 0 Å². The molecule has 0 atom stereocenters. The third-order valence-corrected chi connectivity index (χ3v) is 2.52. The lowest BCUT2D eigenvalue weighted by Gasteiger charge is -2.16. The second kappa shape index (κ2) is 4.91. The van der Waals surface area contributed by atoms with Crippen molar-refractivity contribution < 1.29 is 19.2 Å². The van der Waals surface area contributed by atoms with Crippen LogP contribution in [0.5, 0.6) is 0 Å². The van der Waals surface area contributed by atoms with Crippen LogP contribution in [0.15, 0.2) is 21.5 Å². The fourth-order valence-electron chi connectivity index (χ4n) is 1.04. The Labute approximate surface area is 99.3 Å². The molecule has 0 aromatic heterocycles. The van der Waals surface area contributed by atoms with E-state index in [9.17, 15) is 19.2 Å². The Kier molecular flexibility index (Phi) is 3.81. The van der Waals surface area contributed by atoms with Crippen molar-refractivity contribution in [3.8, 4) is 0 Å². The Morgan fingerprint density at radius 2 is 1.12 bits per heavy atom. The van der Waals surface area contributed by atoms with E-state index in [-0.39, 0.29) is 12.8 Å². The predicted molar refractivity (Wildman–Crippen MR) is 54.2 cm³/mol. The first-order chi connectivity index (χ1) is 7.54. The van der Waals surface area contributed by atoms with Crippen LogP contribution in [0.1, 0.15) is 0 Å². The van der Waals surface area contributed by atoms with Gasteiger partial charge in [0.15, 0.2) is 0 Å². The number of rotatable bonds is 4. The molecule has 2 amide bonds. The number of Topliss-reactive ketones (excluding diaryl/α,β-unsaturated/α-hetero) is 2. The predicted octanol–water partition coefficient (Wildman–Crippen LogP) is -0.469. The smallest absolute Gasteiger partial charge is 0.224 e. The topological polar surface area (TPSA) is 92.3 Å². The van der Waals surface area contributed by atoms with Crippen LogP contribution in [0.4, 0.5) is 0 Å². The van der Waals surface area contributed by atoms with Gasteiger partial charge in [0.1, 0.15) is 21.5 Å². The largest absolute Gasteiger partial charge is 0.324 e. The number of ketones is 2. The molecule has 84 valence electrons. The fraction of sp³-hybridized carbons (Fsp3) is 0. The zero-order valence-corrected chi connectivity index (χ0v) is 9.06. The van der Waals surface area contributed by atoms with Crippen molar-refractivity contribution in [3.63, 3.8) is 0 Å². The third kappa shape index (κ3) is 1.98. The highest BCUT2D eigenvalue weighted by Gasteiger charge is 2.33. The lowest BCUT2D eigenvalue weighted by molar-refractivity contribution is -0.118. The van der Waals surface area contributed by atoms with E-state index in [2.05, 4.69) is 0 Å². The number of carbonyl (C=O) groups excluding carboxylic acids is 4. The van der Waals surface area contributed by atoms with Gasteiger partial charge in [-0.2, -0.15) is 0 Å². The molecule has 8 heteroatoms. The van der Waals surface area contributed by atoms with Crippen molar-refractivity contribution in [2.24, 2.45) is 0 Å². The molecule has 0 spiro atoms. The Morgan fingerprint density at radius 3 is 1.38 bits per heavy atom. The molecule has 0 aliphatic heterocycles. The zero-order chi connectivity index (χ0) is 12.3. The van der Waals surface area contributed by atoms with Crippen LogP contribution in [0.25, 0.3) is 0 Å². The standard InChI is InChI=1S/C8H4Cl2N2O4/c9-3-4(10)8(16)6(12-2-14)5(7(3)15)11-1-13/h1-2H,(H,11,13)(H,12,14). The van der Waals surface area contributed by atoms with Crippen LogP contribution in [0.2, 0.25) is 0 Å². The minimum absolute atomic E-state index is 0.177. The average molecular weight is 263 g/mol. The SMILES string of the molecule is O=CNC1=C(NC=O)C(=O)C(Cl)=C(Cl)C1=O. The molecular weight excluding hydrogens is 259 g/mol. The van der Waals surface area contributed by atoms with E-state index in [0.29, 0.717) is 0 Å². The lowest BCUT2D eigenvalue weighted by atomic mass is 10.1. The zero-order valence-electron chi connectivity index (χ0n) is 7.54. The fourth-order valence-corrected chi connectivity index (χ4v) is 1.40. The third-order valence-electron chi connectivity index (χ3n) is 1.70. The molecule has 0 aromatic rings. The number of halogens is 2. The van der Waals surface area contributed by atoms with Crippen molar-refractivity contribution in [1.29, 1.82) is 0 Å². The second-order valence-electron chi connectivity index (χ2n) is 2.56. The van der Waals surface area contributed by atoms with Gasteiger partial charge in [0.05, 0.1) is 0 Å². The lowest BCUT2D eigenvalue weighted by Crippen LogP contribution is -2.34. The Balaban J connectivity index is 3.31. The van der Waals surface area contributed by atoms with Crippen LogP contribution >= 0.6 is 23.2 Å². The maximum absolute atomic E-state index is 11.5. The molecule has 16 heavy (non-hydrogen) atoms. The quantitative estimate of drug-likeness (QED) is 0.529. The van der Waals surface area contributed by atoms with E-state index in [1.165, 1.54) is 0 Å². The van der Waals surface area contributed by atoms with E-state index in [0.717, 1.165) is 0 Å². The Morgan fingerprint density at radius 1 is 0.812 bits per heavy atom. The van der Waals surface area contributed by atoms with Gasteiger partial charge in [0.2, 0.25) is 24.4 Å². The number of amides is 2. The number of carbonyl (C=O) groups is 4. The number of hydrogen-bond acceptors (Lipinski definition) is 4. The van der Waals surface area contributed by atoms with Crippen LogP contribution in [-0.2, 0) is 19.2 Å². The van der Waals surface area contributed by atoms with Gasteiger partial charge < -0.3 is 10.6 Å². The summed E-state index contributed by atoms with van der Waals surface area (Å²) >= 11 is 11.0. The van der Waals surface area contributed by atoms with Gasteiger partial charge in [-0.3, -0.25) is 19.2 Å². The van der Waals surface area contributed by atoms with E-state index in [1.54, 1.807) is 0 Å². The summed E-state index contributed by atoms with van der Waals surface area (Å²) < 4.78 is 0. The average Bonchev–Trinajstić information content (AvgIpc) is 2.28. The molecule has 0 fully saturated rings. The van der Waals surface area contributed by atoms with Crippen molar-refractivity contribution in [2.75, 3.05) is 0 Å². The monoisotopic (exact) mass is 262 g/mol. The molecule has 1 aliphatic carbocycles. The van der Waals surface area contributed by atoms with Crippen LogP contribution in [0, 0.1) is 0 Å². The first-order valence-corrected chi connectivity index (χ1v) is 4.59. The van der Waals surface area contributed by atoms with E-state index in [1.807, 2.05) is 10.6 Å². The molecule has 0 bridgehead atoms. The summed E-state index contributed by atoms with van der Waals surface area (Å²) in [6.07, 6.45) is 0.354. The highest BCUT2D eigenvalue weighted by molar-refractivity contribution is 6.58. The minimum Gasteiger partial charge on any atom is -0.324 e. The summed E-state index contributed by atoms with van der Waals surface area (Å²) in [5, 5.41) is 2.95. The van der Waals surface area contributed by atoms with Gasteiger partial charge in [-0.1, -0.05) is 23.2 Å². The number of nitrogens with one attached hydrogen (secondary N) is 2. The van der Waals surface area contributed by atoms with Gasteiger partial charge in [-0.15, -0.1) is 0 Å². The Hall–Kier alpha value is -1.66. The molecule has 0 radical (unpaired) electrons. The Bertz CT molecular complexity index is 413. The molecule has 0 saturated heterocycles. The number of allylic oxidation sites excluding steroid dienone is 2. The van der Waals surface area contributed by atoms with Crippen molar-refractivity contribution in [1.82, 2.24) is 10.6 Å². The van der Waals surface area contributed by atoms with Gasteiger partial charge in [-0.05, 0) is 0 Å². The highest BCUT2D eigenvalue weighted by Crippen LogP contribution is 2.26. The highest BCUT2D eigenvalue weighted by atomic mass is 35.5. The van der Waals surface area contributed by atoms with Crippen molar-refractivity contribution in [2.45, 2.75) is 0 Å². The molecular formula is C8H4Cl2N2O4. The maximum atomic E-state index is 11.5. The first-order valence-electron chi connectivity index (χ1n) is 3.83. The van der Waals surface area contributed by atoms with Gasteiger partial charge in [0, 0.05) is 0 Å². The summed E-state index contributed by atoms with van der Waals surface area (Å²) in [5.74, 6) is -1.69. The van der Waals surface area contributed by atoms with Crippen molar-refractivity contribution >= 4 is 47.6 Å². The molecule has 2 N–H and O–H groups in total. The van der Waals surface area contributed by atoms with Crippen LogP contribution < -0.4 is 10.6 Å². The molecule has 0 saturated carbocycles. The molecule has 0 aromatic carbocycles. The molecule has 0 unspecified atom stereocenters. The molecule has 6 nitrogen and oxygen atoms in total. The maximum Gasteiger partial charge on any atom is 0.224 e. The summed E-state index contributed by atoms with van der Waals surface area (Å²) in [4.78, 5) is 43.5. The molecule has 0 heterocycles. The minimum atomic E-state index is -0.845. The van der Waals surface area contributed by atoms with Crippen LogP contribution in [-0.4, -0.2) is 24.4 Å². The summed E-state index contributed by atoms with van der Waals surface area (Å²) in [6.45, 7) is 0. The van der Waals surface area contributed by atoms with Gasteiger partial charge >= 0.3 is 0 Å². The number of hydrogen-bond donors (Lipinski definition) is 2. The second-order valence-corrected chi connectivity index (χ2v) is 3.32.